The van der Waals surface area contributed by atoms with Crippen LogP contribution >= 0.6 is 0 Å². The van der Waals surface area contributed by atoms with E-state index in [4.69, 9.17) is 10.00 Å². The molecule has 4 heteroatoms. The highest BCUT2D eigenvalue weighted by Crippen LogP contribution is 2.22. The third-order valence-electron chi connectivity index (χ3n) is 3.11. The van der Waals surface area contributed by atoms with Gasteiger partial charge in [-0.1, -0.05) is 6.07 Å². The number of methoxy groups -OCH3 is 1. The largest absolute Gasteiger partial charge is 0.497 e. The Morgan fingerprint density at radius 2 is 2.05 bits per heavy atom. The Morgan fingerprint density at radius 3 is 2.70 bits per heavy atom. The summed E-state index contributed by atoms with van der Waals surface area (Å²) >= 11 is 0. The first-order valence-corrected chi connectivity index (χ1v) is 6.21. The predicted octanol–water partition coefficient (Wildman–Crippen LogP) is 3.63. The van der Waals surface area contributed by atoms with Gasteiger partial charge in [0, 0.05) is 12.6 Å². The molecule has 0 atom stereocenters. The van der Waals surface area contributed by atoms with Gasteiger partial charge in [0.05, 0.1) is 24.4 Å². The maximum absolute atomic E-state index is 13.7. The monoisotopic (exact) mass is 270 g/mol. The molecule has 2 rings (SSSR count). The van der Waals surface area contributed by atoms with E-state index in [1.54, 1.807) is 25.3 Å². The molecular formula is C16H15FN2O. The number of hydrogen-bond donors (Lipinski definition) is 1. The van der Waals surface area contributed by atoms with Gasteiger partial charge in [-0.25, -0.2) is 4.39 Å². The molecule has 0 amide bonds. The molecule has 1 N–H and O–H groups in total. The molecule has 2 aromatic carbocycles. The number of ether oxygens (including phenoxy) is 1. The van der Waals surface area contributed by atoms with Crippen LogP contribution in [0.5, 0.6) is 5.75 Å². The van der Waals surface area contributed by atoms with Crippen LogP contribution < -0.4 is 10.1 Å². The lowest BCUT2D eigenvalue weighted by Gasteiger charge is -2.11. The highest BCUT2D eigenvalue weighted by atomic mass is 19.1. The normalized spacial score (nSPS) is 9.90. The molecule has 0 fully saturated rings. The summed E-state index contributed by atoms with van der Waals surface area (Å²) < 4.78 is 18.7. The zero-order valence-electron chi connectivity index (χ0n) is 11.4. The number of nitrogens with zero attached hydrogens (tertiary/aromatic N) is 1. The first-order valence-electron chi connectivity index (χ1n) is 6.21. The number of aryl methyl sites for hydroxylation is 1. The summed E-state index contributed by atoms with van der Waals surface area (Å²) in [6.45, 7) is 2.42. The zero-order chi connectivity index (χ0) is 14.5. The number of hydrogen-bond acceptors (Lipinski definition) is 3. The van der Waals surface area contributed by atoms with Crippen LogP contribution in [0.15, 0.2) is 36.4 Å². The van der Waals surface area contributed by atoms with Gasteiger partial charge in [0.1, 0.15) is 11.6 Å². The molecule has 3 nitrogen and oxygen atoms in total. The maximum Gasteiger partial charge on any atom is 0.146 e. The van der Waals surface area contributed by atoms with E-state index in [0.717, 1.165) is 11.1 Å². The number of benzene rings is 2. The van der Waals surface area contributed by atoms with Crippen molar-refractivity contribution in [3.63, 3.8) is 0 Å². The van der Waals surface area contributed by atoms with Gasteiger partial charge >= 0.3 is 0 Å². The number of nitrogens with one attached hydrogen (secondary N) is 1. The molecule has 0 aliphatic carbocycles. The van der Waals surface area contributed by atoms with Crippen molar-refractivity contribution in [2.45, 2.75) is 13.5 Å². The van der Waals surface area contributed by atoms with Gasteiger partial charge in [-0.2, -0.15) is 5.26 Å². The summed E-state index contributed by atoms with van der Waals surface area (Å²) in [6, 6.07) is 12.1. The maximum atomic E-state index is 13.7. The van der Waals surface area contributed by atoms with Crippen LogP contribution in [0.25, 0.3) is 0 Å². The SMILES string of the molecule is COc1ccc(F)c(NCc2ccc(C#N)cc2C)c1. The van der Waals surface area contributed by atoms with Gasteiger partial charge in [-0.05, 0) is 42.3 Å². The predicted molar refractivity (Wildman–Crippen MR) is 76.2 cm³/mol. The Hall–Kier alpha value is -2.54. The van der Waals surface area contributed by atoms with E-state index in [2.05, 4.69) is 11.4 Å². The summed E-state index contributed by atoms with van der Waals surface area (Å²) in [7, 11) is 1.54. The third-order valence-corrected chi connectivity index (χ3v) is 3.11. The first-order chi connectivity index (χ1) is 9.63. The Morgan fingerprint density at radius 1 is 1.25 bits per heavy atom. The first kappa shape index (κ1) is 13.9. The van der Waals surface area contributed by atoms with E-state index in [9.17, 15) is 4.39 Å². The minimum Gasteiger partial charge on any atom is -0.497 e. The molecule has 0 radical (unpaired) electrons. The average molecular weight is 270 g/mol. The van der Waals surface area contributed by atoms with Crippen molar-refractivity contribution in [3.05, 3.63) is 58.9 Å². The van der Waals surface area contributed by atoms with Gasteiger partial charge in [0.2, 0.25) is 0 Å². The molecule has 2 aromatic rings. The molecule has 0 heterocycles. The van der Waals surface area contributed by atoms with Gasteiger partial charge in [-0.3, -0.25) is 0 Å². The van der Waals surface area contributed by atoms with Crippen molar-refractivity contribution < 1.29 is 9.13 Å². The summed E-state index contributed by atoms with van der Waals surface area (Å²) in [6.07, 6.45) is 0. The van der Waals surface area contributed by atoms with Crippen LogP contribution in [0, 0.1) is 24.1 Å². The molecule has 0 aromatic heterocycles. The highest BCUT2D eigenvalue weighted by Gasteiger charge is 2.05. The summed E-state index contributed by atoms with van der Waals surface area (Å²) in [5.74, 6) is 0.280. The summed E-state index contributed by atoms with van der Waals surface area (Å²) in [4.78, 5) is 0. The zero-order valence-corrected chi connectivity index (χ0v) is 11.4. The topological polar surface area (TPSA) is 45.0 Å². The molecule has 0 saturated carbocycles. The van der Waals surface area contributed by atoms with E-state index in [1.807, 2.05) is 19.1 Å². The van der Waals surface area contributed by atoms with Crippen LogP contribution in [0.2, 0.25) is 0 Å². The fraction of sp³-hybridized carbons (Fsp3) is 0.188. The fourth-order valence-corrected chi connectivity index (χ4v) is 1.92. The fourth-order valence-electron chi connectivity index (χ4n) is 1.92. The summed E-state index contributed by atoms with van der Waals surface area (Å²) in [5, 5.41) is 11.9. The quantitative estimate of drug-likeness (QED) is 0.922. The smallest absolute Gasteiger partial charge is 0.146 e. The standard InChI is InChI=1S/C16H15FN2O/c1-11-7-12(9-18)3-4-13(11)10-19-16-8-14(20-2)5-6-15(16)17/h3-8,19H,10H2,1-2H3. The lowest BCUT2D eigenvalue weighted by atomic mass is 10.1. The third kappa shape index (κ3) is 3.07. The van der Waals surface area contributed by atoms with Crippen molar-refractivity contribution >= 4 is 5.69 Å². The van der Waals surface area contributed by atoms with Crippen LogP contribution in [0.3, 0.4) is 0 Å². The van der Waals surface area contributed by atoms with Crippen molar-refractivity contribution in [3.8, 4) is 11.8 Å². The van der Waals surface area contributed by atoms with E-state index >= 15 is 0 Å². The second-order valence-corrected chi connectivity index (χ2v) is 4.45. The molecule has 20 heavy (non-hydrogen) atoms. The van der Waals surface area contributed by atoms with Gasteiger partial charge in [-0.15, -0.1) is 0 Å². The second-order valence-electron chi connectivity index (χ2n) is 4.45. The number of nitriles is 1. The van der Waals surface area contributed by atoms with E-state index in [-0.39, 0.29) is 5.82 Å². The van der Waals surface area contributed by atoms with Gasteiger partial charge < -0.3 is 10.1 Å². The highest BCUT2D eigenvalue weighted by molar-refractivity contribution is 5.50. The Bertz CT molecular complexity index is 662. The van der Waals surface area contributed by atoms with Gasteiger partial charge in [0.25, 0.3) is 0 Å². The Labute approximate surface area is 117 Å². The molecule has 102 valence electrons. The average Bonchev–Trinajstić information content (AvgIpc) is 2.47. The molecule has 0 aliphatic rings. The van der Waals surface area contributed by atoms with E-state index < -0.39 is 0 Å². The second kappa shape index (κ2) is 6.07. The van der Waals surface area contributed by atoms with Crippen molar-refractivity contribution in [1.82, 2.24) is 0 Å². The van der Waals surface area contributed by atoms with Gasteiger partial charge in [0.15, 0.2) is 0 Å². The number of anilines is 1. The molecule has 0 spiro atoms. The molecule has 0 aliphatic heterocycles. The Balaban J connectivity index is 2.15. The minimum atomic E-state index is -0.322. The summed E-state index contributed by atoms with van der Waals surface area (Å²) in [5.41, 5.74) is 3.04. The van der Waals surface area contributed by atoms with E-state index in [0.29, 0.717) is 23.5 Å². The van der Waals surface area contributed by atoms with Crippen molar-refractivity contribution in [1.29, 1.82) is 5.26 Å². The van der Waals surface area contributed by atoms with Crippen LogP contribution in [0.1, 0.15) is 16.7 Å². The molecule has 0 bridgehead atoms. The molecular weight excluding hydrogens is 255 g/mol. The van der Waals surface area contributed by atoms with Crippen LogP contribution in [-0.4, -0.2) is 7.11 Å². The van der Waals surface area contributed by atoms with Crippen LogP contribution in [-0.2, 0) is 6.54 Å². The number of rotatable bonds is 4. The van der Waals surface area contributed by atoms with Crippen molar-refractivity contribution in [2.24, 2.45) is 0 Å². The lowest BCUT2D eigenvalue weighted by molar-refractivity contribution is 0.414. The molecule has 0 saturated heterocycles. The lowest BCUT2D eigenvalue weighted by Crippen LogP contribution is -2.03. The molecule has 0 unspecified atom stereocenters. The minimum absolute atomic E-state index is 0.322. The van der Waals surface area contributed by atoms with Crippen molar-refractivity contribution in [2.75, 3.05) is 12.4 Å². The van der Waals surface area contributed by atoms with Crippen LogP contribution in [0.4, 0.5) is 10.1 Å². The Kier molecular flexibility index (Phi) is 4.21. The van der Waals surface area contributed by atoms with E-state index in [1.165, 1.54) is 6.07 Å². The number of halogens is 1.